The van der Waals surface area contributed by atoms with E-state index in [1.165, 1.54) is 12.1 Å². The number of halogens is 1. The second-order valence-corrected chi connectivity index (χ2v) is 6.30. The number of benzene rings is 1. The Morgan fingerprint density at radius 3 is 2.65 bits per heavy atom. The summed E-state index contributed by atoms with van der Waals surface area (Å²) >= 11 is 0. The minimum atomic E-state index is -1.06. The van der Waals surface area contributed by atoms with Crippen LogP contribution in [0.15, 0.2) is 18.2 Å². The smallest absolute Gasteiger partial charge is 0.352 e. The number of likely N-dealkylation sites (tertiary alicyclic amines) is 1. The number of fused-ring (bicyclic) bond motifs is 1. The van der Waals surface area contributed by atoms with Gasteiger partial charge in [0.25, 0.3) is 0 Å². The minimum absolute atomic E-state index is 0.00847. The van der Waals surface area contributed by atoms with Gasteiger partial charge in [-0.15, -0.1) is 0 Å². The van der Waals surface area contributed by atoms with Crippen LogP contribution in [0.5, 0.6) is 5.75 Å². The molecule has 0 radical (unpaired) electrons. The van der Waals surface area contributed by atoms with Gasteiger partial charge in [0.1, 0.15) is 11.8 Å². The van der Waals surface area contributed by atoms with Gasteiger partial charge >= 0.3 is 5.97 Å². The average Bonchev–Trinajstić information content (AvgIpc) is 2.91. The molecule has 0 unspecified atom stereocenters. The number of aromatic carboxylic acids is 1. The Bertz CT molecular complexity index is 718. The van der Waals surface area contributed by atoms with Crippen LogP contribution in [-0.2, 0) is 0 Å². The SMILES string of the molecule is CC(C)N1CCC(Oc2cc3[nH]c(C(=O)O)cc3cc2F)CC1. The van der Waals surface area contributed by atoms with E-state index in [-0.39, 0.29) is 17.5 Å². The number of aromatic amines is 1. The first kappa shape index (κ1) is 15.8. The summed E-state index contributed by atoms with van der Waals surface area (Å²) in [6, 6.07) is 4.80. The molecule has 1 aromatic heterocycles. The average molecular weight is 320 g/mol. The van der Waals surface area contributed by atoms with Gasteiger partial charge in [0.15, 0.2) is 11.6 Å². The molecule has 1 aromatic carbocycles. The molecule has 1 saturated heterocycles. The highest BCUT2D eigenvalue weighted by Crippen LogP contribution is 2.28. The van der Waals surface area contributed by atoms with Gasteiger partial charge in [-0.25, -0.2) is 9.18 Å². The van der Waals surface area contributed by atoms with E-state index in [2.05, 4.69) is 23.7 Å². The number of carbonyl (C=O) groups is 1. The predicted octanol–water partition coefficient (Wildman–Crippen LogP) is 3.26. The molecule has 2 N–H and O–H groups in total. The molecule has 124 valence electrons. The van der Waals surface area contributed by atoms with Crippen molar-refractivity contribution >= 4 is 16.9 Å². The quantitative estimate of drug-likeness (QED) is 0.907. The number of H-pyrrole nitrogens is 1. The zero-order valence-electron chi connectivity index (χ0n) is 13.3. The lowest BCUT2D eigenvalue weighted by Crippen LogP contribution is -2.41. The normalized spacial score (nSPS) is 17.0. The van der Waals surface area contributed by atoms with Crippen LogP contribution in [0, 0.1) is 5.82 Å². The van der Waals surface area contributed by atoms with Gasteiger partial charge in [0.2, 0.25) is 0 Å². The van der Waals surface area contributed by atoms with Gasteiger partial charge in [0.05, 0.1) is 0 Å². The number of piperidine rings is 1. The molecule has 0 amide bonds. The topological polar surface area (TPSA) is 65.6 Å². The van der Waals surface area contributed by atoms with Crippen LogP contribution < -0.4 is 4.74 Å². The molecule has 2 aromatic rings. The Kier molecular flexibility index (Phi) is 4.26. The second-order valence-electron chi connectivity index (χ2n) is 6.30. The molecule has 1 aliphatic rings. The highest BCUT2D eigenvalue weighted by atomic mass is 19.1. The first-order valence-corrected chi connectivity index (χ1v) is 7.90. The Labute approximate surface area is 134 Å². The number of rotatable bonds is 4. The molecule has 2 heterocycles. The van der Waals surface area contributed by atoms with E-state index in [1.807, 2.05) is 0 Å². The zero-order chi connectivity index (χ0) is 16.6. The van der Waals surface area contributed by atoms with Crippen molar-refractivity contribution in [2.24, 2.45) is 0 Å². The van der Waals surface area contributed by atoms with Crippen LogP contribution in [0.2, 0.25) is 0 Å². The maximum atomic E-state index is 14.2. The minimum Gasteiger partial charge on any atom is -0.487 e. The van der Waals surface area contributed by atoms with Crippen molar-refractivity contribution in [2.45, 2.75) is 38.8 Å². The third-order valence-electron chi connectivity index (χ3n) is 4.40. The molecule has 0 spiro atoms. The standard InChI is InChI=1S/C17H21FN2O3/c1-10(2)20-5-3-12(4-6-20)23-16-9-14-11(7-13(16)18)8-15(19-14)17(21)22/h7-10,12,19H,3-6H2,1-2H3,(H,21,22). The molecule has 3 rings (SSSR count). The Morgan fingerprint density at radius 2 is 2.04 bits per heavy atom. The largest absolute Gasteiger partial charge is 0.487 e. The van der Waals surface area contributed by atoms with Crippen molar-refractivity contribution in [1.29, 1.82) is 0 Å². The van der Waals surface area contributed by atoms with E-state index >= 15 is 0 Å². The first-order chi connectivity index (χ1) is 10.9. The number of ether oxygens (including phenoxy) is 1. The molecule has 0 atom stereocenters. The molecule has 0 bridgehead atoms. The Morgan fingerprint density at radius 1 is 1.35 bits per heavy atom. The molecule has 6 heteroatoms. The van der Waals surface area contributed by atoms with Gasteiger partial charge < -0.3 is 19.7 Å². The number of nitrogens with zero attached hydrogens (tertiary/aromatic N) is 1. The number of carboxylic acid groups (broad SMARTS) is 1. The summed E-state index contributed by atoms with van der Waals surface area (Å²) in [7, 11) is 0. The molecule has 23 heavy (non-hydrogen) atoms. The van der Waals surface area contributed by atoms with Gasteiger partial charge in [0, 0.05) is 36.1 Å². The van der Waals surface area contributed by atoms with Gasteiger partial charge in [-0.2, -0.15) is 0 Å². The number of aromatic nitrogens is 1. The van der Waals surface area contributed by atoms with Crippen molar-refractivity contribution in [2.75, 3.05) is 13.1 Å². The van der Waals surface area contributed by atoms with Gasteiger partial charge in [-0.1, -0.05) is 0 Å². The fourth-order valence-corrected chi connectivity index (χ4v) is 3.03. The van der Waals surface area contributed by atoms with E-state index in [0.717, 1.165) is 25.9 Å². The summed E-state index contributed by atoms with van der Waals surface area (Å²) in [4.78, 5) is 16.1. The molecule has 1 aliphatic heterocycles. The second kappa shape index (κ2) is 6.20. The van der Waals surface area contributed by atoms with E-state index in [1.54, 1.807) is 6.07 Å². The third-order valence-corrected chi connectivity index (χ3v) is 4.40. The molecule has 1 fully saturated rings. The first-order valence-electron chi connectivity index (χ1n) is 7.90. The van der Waals surface area contributed by atoms with Crippen LogP contribution >= 0.6 is 0 Å². The van der Waals surface area contributed by atoms with Crippen molar-refractivity contribution in [3.05, 3.63) is 29.7 Å². The summed E-state index contributed by atoms with van der Waals surface area (Å²) in [6.07, 6.45) is 1.72. The van der Waals surface area contributed by atoms with E-state index in [4.69, 9.17) is 9.84 Å². The van der Waals surface area contributed by atoms with Crippen LogP contribution in [0.1, 0.15) is 37.2 Å². The summed E-state index contributed by atoms with van der Waals surface area (Å²) in [6.45, 7) is 6.22. The lowest BCUT2D eigenvalue weighted by molar-refractivity contribution is 0.0691. The number of carboxylic acids is 1. The Balaban J connectivity index is 1.75. The number of nitrogens with one attached hydrogen (secondary N) is 1. The summed E-state index contributed by atoms with van der Waals surface area (Å²) in [5, 5.41) is 9.52. The fraction of sp³-hybridized carbons (Fsp3) is 0.471. The maximum Gasteiger partial charge on any atom is 0.352 e. The predicted molar refractivity (Wildman–Crippen MR) is 85.6 cm³/mol. The van der Waals surface area contributed by atoms with E-state index in [9.17, 15) is 9.18 Å². The molecular weight excluding hydrogens is 299 g/mol. The van der Waals surface area contributed by atoms with Crippen molar-refractivity contribution in [3.63, 3.8) is 0 Å². The number of hydrogen-bond acceptors (Lipinski definition) is 3. The van der Waals surface area contributed by atoms with Crippen molar-refractivity contribution < 1.29 is 19.0 Å². The van der Waals surface area contributed by atoms with Gasteiger partial charge in [-0.05, 0) is 38.8 Å². The van der Waals surface area contributed by atoms with Crippen LogP contribution in [0.25, 0.3) is 10.9 Å². The molecule has 0 aliphatic carbocycles. The molecular formula is C17H21FN2O3. The molecule has 0 saturated carbocycles. The highest BCUT2D eigenvalue weighted by Gasteiger charge is 2.23. The number of hydrogen-bond donors (Lipinski definition) is 2. The lowest BCUT2D eigenvalue weighted by atomic mass is 10.1. The summed E-state index contributed by atoms with van der Waals surface area (Å²) < 4.78 is 20.0. The van der Waals surface area contributed by atoms with E-state index in [0.29, 0.717) is 16.9 Å². The van der Waals surface area contributed by atoms with Crippen LogP contribution in [-0.4, -0.2) is 46.2 Å². The molecule has 5 nitrogen and oxygen atoms in total. The van der Waals surface area contributed by atoms with Crippen LogP contribution in [0.3, 0.4) is 0 Å². The van der Waals surface area contributed by atoms with Gasteiger partial charge in [-0.3, -0.25) is 0 Å². The maximum absolute atomic E-state index is 14.2. The zero-order valence-corrected chi connectivity index (χ0v) is 13.3. The van der Waals surface area contributed by atoms with E-state index < -0.39 is 11.8 Å². The van der Waals surface area contributed by atoms with Crippen LogP contribution in [0.4, 0.5) is 4.39 Å². The fourth-order valence-electron chi connectivity index (χ4n) is 3.03. The summed E-state index contributed by atoms with van der Waals surface area (Å²) in [5.41, 5.74) is 0.611. The Hall–Kier alpha value is -2.08. The van der Waals surface area contributed by atoms with Crippen molar-refractivity contribution in [1.82, 2.24) is 9.88 Å². The third kappa shape index (κ3) is 3.32. The van der Waals surface area contributed by atoms with Crippen molar-refractivity contribution in [3.8, 4) is 5.75 Å². The summed E-state index contributed by atoms with van der Waals surface area (Å²) in [5.74, 6) is -1.34. The highest BCUT2D eigenvalue weighted by molar-refractivity contribution is 5.94. The monoisotopic (exact) mass is 320 g/mol. The lowest BCUT2D eigenvalue weighted by Gasteiger charge is -2.34.